The second kappa shape index (κ2) is 6.71. The molecule has 2 N–H and O–H groups in total. The molecule has 0 saturated heterocycles. The minimum atomic E-state index is -0.266. The lowest BCUT2D eigenvalue weighted by Gasteiger charge is -2.03. The molecule has 6 heteroatoms. The summed E-state index contributed by atoms with van der Waals surface area (Å²) in [6.07, 6.45) is 3.56. The Kier molecular flexibility index (Phi) is 3.67. The maximum atomic E-state index is 13.6. The van der Waals surface area contributed by atoms with Crippen molar-refractivity contribution in [1.82, 2.24) is 24.9 Å². The summed E-state index contributed by atoms with van der Waals surface area (Å²) in [6.45, 7) is 0. The first-order valence-electron chi connectivity index (χ1n) is 10.7. The molecule has 0 amide bonds. The lowest BCUT2D eigenvalue weighted by molar-refractivity contribution is 0.628. The van der Waals surface area contributed by atoms with E-state index in [1.165, 1.54) is 12.1 Å². The zero-order valence-corrected chi connectivity index (χ0v) is 17.3. The number of aromatic nitrogens is 5. The molecule has 4 aromatic heterocycles. The number of halogens is 1. The molecule has 3 aromatic carbocycles. The Labute approximate surface area is 187 Å². The molecule has 7 rings (SSSR count). The third kappa shape index (κ3) is 2.61. The molecule has 0 saturated carbocycles. The van der Waals surface area contributed by atoms with Gasteiger partial charge >= 0.3 is 0 Å². The van der Waals surface area contributed by atoms with Crippen molar-refractivity contribution >= 4 is 43.7 Å². The highest BCUT2D eigenvalue weighted by Gasteiger charge is 2.20. The Morgan fingerprint density at radius 2 is 1.33 bits per heavy atom. The number of imidazole rings is 1. The molecule has 0 atom stereocenters. The Morgan fingerprint density at radius 1 is 0.636 bits per heavy atom. The van der Waals surface area contributed by atoms with E-state index in [9.17, 15) is 4.39 Å². The second-order valence-corrected chi connectivity index (χ2v) is 8.04. The summed E-state index contributed by atoms with van der Waals surface area (Å²) in [5, 5.41) is 2.96. The van der Waals surface area contributed by atoms with E-state index in [4.69, 9.17) is 4.98 Å². The number of nitrogens with one attached hydrogen (secondary N) is 2. The molecule has 0 radical (unpaired) electrons. The third-order valence-electron chi connectivity index (χ3n) is 6.14. The highest BCUT2D eigenvalue weighted by Crippen LogP contribution is 2.40. The van der Waals surface area contributed by atoms with Gasteiger partial charge in [-0.3, -0.25) is 9.97 Å². The Hall–Kier alpha value is -4.58. The number of hydrogen-bond acceptors (Lipinski definition) is 3. The smallest absolute Gasteiger partial charge is 0.141 e. The third-order valence-corrected chi connectivity index (χ3v) is 6.14. The van der Waals surface area contributed by atoms with Gasteiger partial charge in [0.1, 0.15) is 11.6 Å². The molecule has 0 aliphatic carbocycles. The fourth-order valence-corrected chi connectivity index (χ4v) is 4.68. The number of para-hydroxylation sites is 1. The van der Waals surface area contributed by atoms with Gasteiger partial charge in [-0.2, -0.15) is 0 Å². The molecule has 156 valence electrons. The number of fused-ring (bicyclic) bond motifs is 7. The van der Waals surface area contributed by atoms with Crippen molar-refractivity contribution in [3.63, 3.8) is 0 Å². The fraction of sp³-hybridized carbons (Fsp3) is 0. The van der Waals surface area contributed by atoms with Crippen LogP contribution in [0.4, 0.5) is 4.39 Å². The highest BCUT2D eigenvalue weighted by atomic mass is 19.1. The predicted octanol–water partition coefficient (Wildman–Crippen LogP) is 6.61. The SMILES string of the molecule is Fc1ccc(-c2[nH]c3ccccc3c2-c2nc3c4cccnc4c4ncccc4c3[nH]2)cc1. The number of H-pyrrole nitrogens is 2. The molecular weight excluding hydrogens is 413 g/mol. The van der Waals surface area contributed by atoms with Crippen molar-refractivity contribution in [2.45, 2.75) is 0 Å². The van der Waals surface area contributed by atoms with E-state index in [-0.39, 0.29) is 5.82 Å². The van der Waals surface area contributed by atoms with Crippen molar-refractivity contribution in [2.75, 3.05) is 0 Å². The summed E-state index contributed by atoms with van der Waals surface area (Å²) in [5.41, 5.74) is 7.16. The zero-order valence-electron chi connectivity index (χ0n) is 17.3. The van der Waals surface area contributed by atoms with Crippen LogP contribution in [0.5, 0.6) is 0 Å². The van der Waals surface area contributed by atoms with E-state index in [1.54, 1.807) is 24.5 Å². The van der Waals surface area contributed by atoms with Gasteiger partial charge in [0, 0.05) is 34.1 Å². The average Bonchev–Trinajstić information content (AvgIpc) is 3.47. The molecule has 33 heavy (non-hydrogen) atoms. The first-order valence-corrected chi connectivity index (χ1v) is 10.7. The molecule has 5 nitrogen and oxygen atoms in total. The second-order valence-electron chi connectivity index (χ2n) is 8.04. The number of aromatic amines is 2. The van der Waals surface area contributed by atoms with Gasteiger partial charge in [-0.05, 0) is 60.2 Å². The van der Waals surface area contributed by atoms with Crippen molar-refractivity contribution in [1.29, 1.82) is 0 Å². The summed E-state index contributed by atoms with van der Waals surface area (Å²) < 4.78 is 13.6. The standard InChI is InChI=1S/C27H16FN5/c28-16-11-9-15(10-12-16)22-21(17-5-1-2-8-20(17)31-22)27-32-25-18-6-3-13-29-23(18)24-19(26(25)33-27)7-4-14-30-24/h1-14,31H,(H,32,33). The van der Waals surface area contributed by atoms with Crippen LogP contribution in [0.15, 0.2) is 85.2 Å². The van der Waals surface area contributed by atoms with Crippen LogP contribution in [0, 0.1) is 5.82 Å². The molecule has 0 unspecified atom stereocenters. The van der Waals surface area contributed by atoms with Crippen molar-refractivity contribution in [2.24, 2.45) is 0 Å². The average molecular weight is 429 g/mol. The molecule has 7 aromatic rings. The van der Waals surface area contributed by atoms with E-state index in [1.807, 2.05) is 42.5 Å². The first-order chi connectivity index (χ1) is 16.3. The van der Waals surface area contributed by atoms with Gasteiger partial charge in [0.2, 0.25) is 0 Å². The van der Waals surface area contributed by atoms with Crippen LogP contribution in [-0.4, -0.2) is 24.9 Å². The first kappa shape index (κ1) is 18.0. The van der Waals surface area contributed by atoms with E-state index < -0.39 is 0 Å². The van der Waals surface area contributed by atoms with Crippen LogP contribution in [0.25, 0.3) is 66.4 Å². The van der Waals surface area contributed by atoms with Gasteiger partial charge in [-0.1, -0.05) is 18.2 Å². The number of nitrogens with zero attached hydrogens (tertiary/aromatic N) is 3. The Balaban J connectivity index is 1.61. The van der Waals surface area contributed by atoms with Crippen LogP contribution < -0.4 is 0 Å². The van der Waals surface area contributed by atoms with Crippen LogP contribution in [0.2, 0.25) is 0 Å². The Morgan fingerprint density at radius 3 is 2.15 bits per heavy atom. The van der Waals surface area contributed by atoms with Crippen LogP contribution >= 0.6 is 0 Å². The van der Waals surface area contributed by atoms with Gasteiger partial charge in [-0.15, -0.1) is 0 Å². The van der Waals surface area contributed by atoms with Gasteiger partial charge in [0.15, 0.2) is 0 Å². The lowest BCUT2D eigenvalue weighted by atomic mass is 10.0. The summed E-state index contributed by atoms with van der Waals surface area (Å²) in [7, 11) is 0. The molecule has 0 fully saturated rings. The number of benzene rings is 3. The molecule has 0 aliphatic heterocycles. The van der Waals surface area contributed by atoms with E-state index in [0.717, 1.165) is 66.4 Å². The molecule has 0 aliphatic rings. The fourth-order valence-electron chi connectivity index (χ4n) is 4.68. The van der Waals surface area contributed by atoms with Crippen molar-refractivity contribution in [3.8, 4) is 22.6 Å². The normalized spacial score (nSPS) is 11.8. The number of rotatable bonds is 2. The van der Waals surface area contributed by atoms with Gasteiger partial charge < -0.3 is 9.97 Å². The molecule has 0 spiro atoms. The maximum Gasteiger partial charge on any atom is 0.141 e. The van der Waals surface area contributed by atoms with Crippen LogP contribution in [-0.2, 0) is 0 Å². The maximum absolute atomic E-state index is 13.6. The Bertz CT molecular complexity index is 1760. The summed E-state index contributed by atoms with van der Waals surface area (Å²) in [6, 6.07) is 22.5. The monoisotopic (exact) mass is 429 g/mol. The van der Waals surface area contributed by atoms with E-state index in [0.29, 0.717) is 0 Å². The predicted molar refractivity (Wildman–Crippen MR) is 129 cm³/mol. The summed E-state index contributed by atoms with van der Waals surface area (Å²) in [5.74, 6) is 0.473. The van der Waals surface area contributed by atoms with Crippen molar-refractivity contribution < 1.29 is 4.39 Å². The quantitative estimate of drug-likeness (QED) is 0.304. The molecular formula is C27H16FN5. The van der Waals surface area contributed by atoms with E-state index >= 15 is 0 Å². The summed E-state index contributed by atoms with van der Waals surface area (Å²) >= 11 is 0. The van der Waals surface area contributed by atoms with Crippen molar-refractivity contribution in [3.05, 3.63) is 91.0 Å². The zero-order chi connectivity index (χ0) is 21.9. The summed E-state index contributed by atoms with van der Waals surface area (Å²) in [4.78, 5) is 21.4. The lowest BCUT2D eigenvalue weighted by Crippen LogP contribution is -1.86. The number of hydrogen-bond donors (Lipinski definition) is 2. The molecule has 4 heterocycles. The highest BCUT2D eigenvalue weighted by molar-refractivity contribution is 6.21. The van der Waals surface area contributed by atoms with Crippen LogP contribution in [0.3, 0.4) is 0 Å². The largest absolute Gasteiger partial charge is 0.354 e. The van der Waals surface area contributed by atoms with Gasteiger partial charge in [0.25, 0.3) is 0 Å². The minimum Gasteiger partial charge on any atom is -0.354 e. The van der Waals surface area contributed by atoms with Crippen LogP contribution in [0.1, 0.15) is 0 Å². The van der Waals surface area contributed by atoms with E-state index in [2.05, 4.69) is 26.0 Å². The topological polar surface area (TPSA) is 70.2 Å². The minimum absolute atomic E-state index is 0.266. The van der Waals surface area contributed by atoms with Gasteiger partial charge in [0.05, 0.1) is 33.3 Å². The van der Waals surface area contributed by atoms with Gasteiger partial charge in [-0.25, -0.2) is 9.37 Å². The molecule has 0 bridgehead atoms. The number of pyridine rings is 2.